The molecule has 0 radical (unpaired) electrons. The van der Waals surface area contributed by atoms with Crippen LogP contribution in [0.1, 0.15) is 13.8 Å². The fourth-order valence-corrected chi connectivity index (χ4v) is 4.03. The van der Waals surface area contributed by atoms with Gasteiger partial charge in [0.1, 0.15) is 0 Å². The van der Waals surface area contributed by atoms with Crippen LogP contribution in [-0.2, 0) is 8.85 Å². The molecule has 130 valence electrons. The standard InChI is InChI=1S/C16H16F4O3Si/c1-3-22-24(21,23-4-2)11-7-5-10(6-8-11)12-9-13(17)15(19)16(20)14(12)18/h5-9,21H,3-4H2,1-2H3. The molecule has 0 aliphatic carbocycles. The molecule has 0 aliphatic rings. The van der Waals surface area contributed by atoms with Gasteiger partial charge in [0.25, 0.3) is 0 Å². The molecule has 24 heavy (non-hydrogen) atoms. The Morgan fingerprint density at radius 2 is 1.42 bits per heavy atom. The van der Waals surface area contributed by atoms with Gasteiger partial charge in [-0.3, -0.25) is 0 Å². The average molecular weight is 360 g/mol. The highest BCUT2D eigenvalue weighted by Crippen LogP contribution is 2.27. The zero-order valence-electron chi connectivity index (χ0n) is 13.1. The topological polar surface area (TPSA) is 38.7 Å². The molecule has 0 fully saturated rings. The van der Waals surface area contributed by atoms with Crippen LogP contribution < -0.4 is 5.19 Å². The van der Waals surface area contributed by atoms with Gasteiger partial charge in [-0.25, -0.2) is 17.6 Å². The average Bonchev–Trinajstić information content (AvgIpc) is 2.57. The summed E-state index contributed by atoms with van der Waals surface area (Å²) in [6.07, 6.45) is 0. The molecule has 8 heteroatoms. The summed E-state index contributed by atoms with van der Waals surface area (Å²) in [5, 5.41) is 0.360. The summed E-state index contributed by atoms with van der Waals surface area (Å²) in [4.78, 5) is 10.5. The Hall–Kier alpha value is -1.74. The molecule has 0 aliphatic heterocycles. The first kappa shape index (κ1) is 18.6. The Balaban J connectivity index is 2.43. The number of rotatable bonds is 6. The molecule has 2 aromatic carbocycles. The van der Waals surface area contributed by atoms with Gasteiger partial charge in [-0.2, -0.15) is 0 Å². The van der Waals surface area contributed by atoms with Gasteiger partial charge in [0.2, 0.25) is 0 Å². The van der Waals surface area contributed by atoms with Crippen LogP contribution in [0, 0.1) is 23.3 Å². The molecule has 2 aromatic rings. The Labute approximate surface area is 137 Å². The molecular weight excluding hydrogens is 344 g/mol. The third-order valence-corrected chi connectivity index (χ3v) is 5.77. The summed E-state index contributed by atoms with van der Waals surface area (Å²) in [6.45, 7) is 3.86. The van der Waals surface area contributed by atoms with E-state index in [2.05, 4.69) is 0 Å². The van der Waals surface area contributed by atoms with Crippen molar-refractivity contribution in [2.45, 2.75) is 13.8 Å². The Morgan fingerprint density at radius 1 is 0.875 bits per heavy atom. The zero-order valence-corrected chi connectivity index (χ0v) is 14.1. The van der Waals surface area contributed by atoms with Gasteiger partial charge < -0.3 is 13.6 Å². The van der Waals surface area contributed by atoms with Gasteiger partial charge in [-0.15, -0.1) is 0 Å². The molecule has 0 aromatic heterocycles. The lowest BCUT2D eigenvalue weighted by molar-refractivity contribution is 0.124. The summed E-state index contributed by atoms with van der Waals surface area (Å²) in [6, 6.07) is 6.12. The summed E-state index contributed by atoms with van der Waals surface area (Å²) in [5.74, 6) is -6.70. The molecule has 0 atom stereocenters. The third kappa shape index (κ3) is 3.51. The second kappa shape index (κ2) is 7.43. The van der Waals surface area contributed by atoms with E-state index in [4.69, 9.17) is 8.85 Å². The van der Waals surface area contributed by atoms with Crippen LogP contribution in [-0.4, -0.2) is 26.8 Å². The minimum Gasteiger partial charge on any atom is -0.386 e. The first-order valence-electron chi connectivity index (χ1n) is 7.28. The molecule has 0 unspecified atom stereocenters. The van der Waals surface area contributed by atoms with Crippen LogP contribution >= 0.6 is 0 Å². The number of hydrogen-bond donors (Lipinski definition) is 1. The van der Waals surface area contributed by atoms with Crippen molar-refractivity contribution in [1.82, 2.24) is 0 Å². The van der Waals surface area contributed by atoms with Gasteiger partial charge in [-0.05, 0) is 25.5 Å². The van der Waals surface area contributed by atoms with E-state index < -0.39 is 37.6 Å². The van der Waals surface area contributed by atoms with Crippen molar-refractivity contribution in [3.8, 4) is 11.1 Å². The lowest BCUT2D eigenvalue weighted by atomic mass is 10.0. The maximum atomic E-state index is 13.8. The summed E-state index contributed by atoms with van der Waals surface area (Å²) >= 11 is 0. The van der Waals surface area contributed by atoms with Crippen LogP contribution in [0.3, 0.4) is 0 Å². The first-order chi connectivity index (χ1) is 11.3. The Kier molecular flexibility index (Phi) is 5.76. The van der Waals surface area contributed by atoms with Crippen molar-refractivity contribution in [2.24, 2.45) is 0 Å². The Morgan fingerprint density at radius 3 is 1.92 bits per heavy atom. The molecular formula is C16H16F4O3Si. The van der Waals surface area contributed by atoms with E-state index in [9.17, 15) is 22.4 Å². The normalized spacial score (nSPS) is 11.8. The molecule has 0 heterocycles. The molecule has 2 rings (SSSR count). The van der Waals surface area contributed by atoms with Crippen molar-refractivity contribution in [3.63, 3.8) is 0 Å². The van der Waals surface area contributed by atoms with Crippen LogP contribution in [0.4, 0.5) is 17.6 Å². The van der Waals surface area contributed by atoms with Crippen molar-refractivity contribution in [1.29, 1.82) is 0 Å². The summed E-state index contributed by atoms with van der Waals surface area (Å²) in [7, 11) is -3.60. The lowest BCUT2D eigenvalue weighted by Crippen LogP contribution is -2.54. The van der Waals surface area contributed by atoms with E-state index in [-0.39, 0.29) is 18.8 Å². The lowest BCUT2D eigenvalue weighted by Gasteiger charge is -2.23. The quantitative estimate of drug-likeness (QED) is 0.372. The van der Waals surface area contributed by atoms with Gasteiger partial charge >= 0.3 is 8.80 Å². The highest BCUT2D eigenvalue weighted by molar-refractivity contribution is 6.74. The van der Waals surface area contributed by atoms with E-state index in [1.54, 1.807) is 13.8 Å². The van der Waals surface area contributed by atoms with E-state index in [1.807, 2.05) is 0 Å². The SMILES string of the molecule is CCO[Si](O)(OCC)c1ccc(-c2cc(F)c(F)c(F)c2F)cc1. The van der Waals surface area contributed by atoms with Gasteiger partial charge in [0.15, 0.2) is 23.3 Å². The Bertz CT molecular complexity index is 716. The maximum absolute atomic E-state index is 13.8. The van der Waals surface area contributed by atoms with Crippen LogP contribution in [0.5, 0.6) is 0 Å². The molecule has 1 N–H and O–H groups in total. The minimum atomic E-state index is -3.60. The fourth-order valence-electron chi connectivity index (χ4n) is 2.24. The van der Waals surface area contributed by atoms with Gasteiger partial charge in [0, 0.05) is 24.0 Å². The first-order valence-corrected chi connectivity index (χ1v) is 9.04. The minimum absolute atomic E-state index is 0.124. The molecule has 0 amide bonds. The van der Waals surface area contributed by atoms with E-state index in [1.165, 1.54) is 24.3 Å². The van der Waals surface area contributed by atoms with Gasteiger partial charge in [0.05, 0.1) is 0 Å². The molecule has 0 saturated heterocycles. The van der Waals surface area contributed by atoms with Crippen LogP contribution in [0.25, 0.3) is 11.1 Å². The number of halogens is 4. The molecule has 3 nitrogen and oxygen atoms in total. The summed E-state index contributed by atoms with van der Waals surface area (Å²) < 4.78 is 64.1. The second-order valence-electron chi connectivity index (χ2n) is 4.87. The predicted molar refractivity (Wildman–Crippen MR) is 82.6 cm³/mol. The molecule has 0 saturated carbocycles. The monoisotopic (exact) mass is 360 g/mol. The number of benzene rings is 2. The van der Waals surface area contributed by atoms with E-state index >= 15 is 0 Å². The van der Waals surface area contributed by atoms with Crippen molar-refractivity contribution in [3.05, 3.63) is 53.6 Å². The fraction of sp³-hybridized carbons (Fsp3) is 0.250. The maximum Gasteiger partial charge on any atom is 0.534 e. The van der Waals surface area contributed by atoms with Crippen molar-refractivity contribution < 1.29 is 31.2 Å². The van der Waals surface area contributed by atoms with Crippen molar-refractivity contribution >= 4 is 14.0 Å². The zero-order chi connectivity index (χ0) is 17.9. The highest BCUT2D eigenvalue weighted by Gasteiger charge is 2.39. The second-order valence-corrected chi connectivity index (χ2v) is 7.19. The van der Waals surface area contributed by atoms with E-state index in [0.717, 1.165) is 0 Å². The van der Waals surface area contributed by atoms with E-state index in [0.29, 0.717) is 11.3 Å². The highest BCUT2D eigenvalue weighted by atomic mass is 28.4. The third-order valence-electron chi connectivity index (χ3n) is 3.34. The molecule has 0 spiro atoms. The number of hydrogen-bond acceptors (Lipinski definition) is 3. The smallest absolute Gasteiger partial charge is 0.386 e. The largest absolute Gasteiger partial charge is 0.534 e. The van der Waals surface area contributed by atoms with Crippen molar-refractivity contribution in [2.75, 3.05) is 13.2 Å². The predicted octanol–water partition coefficient (Wildman–Crippen LogP) is 3.12. The van der Waals surface area contributed by atoms with Gasteiger partial charge in [-0.1, -0.05) is 24.3 Å². The summed E-state index contributed by atoms with van der Waals surface area (Å²) in [5.41, 5.74) is -0.297. The molecule has 0 bridgehead atoms. The van der Waals surface area contributed by atoms with Crippen LogP contribution in [0.2, 0.25) is 0 Å². The van der Waals surface area contributed by atoms with Crippen LogP contribution in [0.15, 0.2) is 30.3 Å².